The van der Waals surface area contributed by atoms with Crippen molar-refractivity contribution in [2.24, 2.45) is 0 Å². The van der Waals surface area contributed by atoms with Gasteiger partial charge in [-0.05, 0) is 39.5 Å². The van der Waals surface area contributed by atoms with Crippen molar-refractivity contribution < 1.29 is 14.4 Å². The lowest BCUT2D eigenvalue weighted by atomic mass is 10.1. The van der Waals surface area contributed by atoms with Crippen molar-refractivity contribution >= 4 is 17.8 Å². The molecule has 3 saturated heterocycles. The van der Waals surface area contributed by atoms with Gasteiger partial charge in [0.2, 0.25) is 5.91 Å². The van der Waals surface area contributed by atoms with Gasteiger partial charge in [-0.1, -0.05) is 0 Å². The lowest BCUT2D eigenvalue weighted by Crippen LogP contribution is -2.41. The molecule has 23 heavy (non-hydrogen) atoms. The number of rotatable bonds is 4. The number of likely N-dealkylation sites (tertiary alicyclic amines) is 1. The predicted molar refractivity (Wildman–Crippen MR) is 84.7 cm³/mol. The van der Waals surface area contributed by atoms with Crippen LogP contribution in [0, 0.1) is 0 Å². The van der Waals surface area contributed by atoms with E-state index in [2.05, 4.69) is 10.6 Å². The average Bonchev–Trinajstić information content (AvgIpc) is 2.89. The second kappa shape index (κ2) is 6.11. The number of carbonyl (C=O) groups is 3. The van der Waals surface area contributed by atoms with E-state index in [0.29, 0.717) is 31.5 Å². The minimum Gasteiger partial charge on any atom is -0.341 e. The van der Waals surface area contributed by atoms with Crippen molar-refractivity contribution in [3.8, 4) is 0 Å². The third-order valence-corrected chi connectivity index (χ3v) is 5.09. The molecule has 7 heteroatoms. The van der Waals surface area contributed by atoms with Crippen LogP contribution in [0.3, 0.4) is 0 Å². The number of hydrogen-bond acceptors (Lipinski definition) is 4. The topological polar surface area (TPSA) is 81.8 Å². The van der Waals surface area contributed by atoms with E-state index in [0.717, 1.165) is 25.9 Å². The summed E-state index contributed by atoms with van der Waals surface area (Å²) < 4.78 is 0. The van der Waals surface area contributed by atoms with E-state index >= 15 is 0 Å². The number of urea groups is 1. The maximum Gasteiger partial charge on any atom is 0.325 e. The molecule has 2 unspecified atom stereocenters. The molecule has 3 aliphatic heterocycles. The van der Waals surface area contributed by atoms with Gasteiger partial charge in [0.05, 0.1) is 0 Å². The Labute approximate surface area is 136 Å². The molecule has 0 aliphatic carbocycles. The van der Waals surface area contributed by atoms with Crippen LogP contribution in [0.4, 0.5) is 4.79 Å². The zero-order valence-corrected chi connectivity index (χ0v) is 13.9. The lowest BCUT2D eigenvalue weighted by molar-refractivity contribution is -0.133. The Morgan fingerprint density at radius 1 is 1.22 bits per heavy atom. The van der Waals surface area contributed by atoms with Gasteiger partial charge in [0.1, 0.15) is 5.54 Å². The highest BCUT2D eigenvalue weighted by molar-refractivity contribution is 6.06. The Kier molecular flexibility index (Phi) is 4.31. The zero-order valence-electron chi connectivity index (χ0n) is 13.9. The van der Waals surface area contributed by atoms with Gasteiger partial charge in [0.15, 0.2) is 0 Å². The van der Waals surface area contributed by atoms with Crippen molar-refractivity contribution in [3.05, 3.63) is 0 Å². The standard InChI is InChI=1S/C16H26N4O3/c1-16(2)14(22)20(15(23)18-16)8-3-4-13(21)19-9-7-11-5-6-12(10-19)17-11/h11-12,17H,3-10H2,1-2H3,(H,18,23). The fourth-order valence-electron chi connectivity index (χ4n) is 3.74. The quantitative estimate of drug-likeness (QED) is 0.736. The molecule has 128 valence electrons. The first-order valence-corrected chi connectivity index (χ1v) is 8.55. The van der Waals surface area contributed by atoms with Gasteiger partial charge < -0.3 is 15.5 Å². The van der Waals surface area contributed by atoms with Crippen molar-refractivity contribution in [2.75, 3.05) is 19.6 Å². The highest BCUT2D eigenvalue weighted by Gasteiger charge is 2.43. The maximum absolute atomic E-state index is 12.4. The highest BCUT2D eigenvalue weighted by Crippen LogP contribution is 2.21. The van der Waals surface area contributed by atoms with E-state index in [4.69, 9.17) is 0 Å². The molecule has 3 heterocycles. The van der Waals surface area contributed by atoms with Gasteiger partial charge in [-0.25, -0.2) is 4.79 Å². The largest absolute Gasteiger partial charge is 0.341 e. The van der Waals surface area contributed by atoms with Gasteiger partial charge in [0, 0.05) is 38.1 Å². The molecule has 2 bridgehead atoms. The first-order chi connectivity index (χ1) is 10.9. The van der Waals surface area contributed by atoms with Crippen molar-refractivity contribution in [1.82, 2.24) is 20.4 Å². The molecule has 0 spiro atoms. The summed E-state index contributed by atoms with van der Waals surface area (Å²) in [5.41, 5.74) is -0.837. The third-order valence-electron chi connectivity index (χ3n) is 5.09. The van der Waals surface area contributed by atoms with Crippen LogP contribution in [0.5, 0.6) is 0 Å². The summed E-state index contributed by atoms with van der Waals surface area (Å²) in [5, 5.41) is 6.21. The number of hydrogen-bond donors (Lipinski definition) is 2. The third kappa shape index (κ3) is 3.34. The average molecular weight is 322 g/mol. The normalized spacial score (nSPS) is 29.7. The van der Waals surface area contributed by atoms with Crippen LogP contribution in [0.15, 0.2) is 0 Å². The van der Waals surface area contributed by atoms with Crippen LogP contribution in [0.25, 0.3) is 0 Å². The summed E-state index contributed by atoms with van der Waals surface area (Å²) >= 11 is 0. The predicted octanol–water partition coefficient (Wildman–Crippen LogP) is 0.450. The molecule has 0 aromatic heterocycles. The van der Waals surface area contributed by atoms with Gasteiger partial charge in [-0.15, -0.1) is 0 Å². The van der Waals surface area contributed by atoms with E-state index in [1.165, 1.54) is 11.3 Å². The Bertz CT molecular complexity index is 519. The molecule has 2 atom stereocenters. The molecule has 3 rings (SSSR count). The monoisotopic (exact) mass is 322 g/mol. The molecule has 0 aromatic carbocycles. The summed E-state index contributed by atoms with van der Waals surface area (Å²) in [6.07, 6.45) is 4.28. The minimum absolute atomic E-state index is 0.130. The number of nitrogens with zero attached hydrogens (tertiary/aromatic N) is 2. The summed E-state index contributed by atoms with van der Waals surface area (Å²) in [6, 6.07) is 0.632. The zero-order chi connectivity index (χ0) is 16.6. The van der Waals surface area contributed by atoms with Crippen LogP contribution in [-0.4, -0.2) is 64.9 Å². The number of amides is 4. The van der Waals surface area contributed by atoms with Gasteiger partial charge in [0.25, 0.3) is 5.91 Å². The van der Waals surface area contributed by atoms with Crippen LogP contribution in [0.1, 0.15) is 46.0 Å². The van der Waals surface area contributed by atoms with Crippen LogP contribution in [-0.2, 0) is 9.59 Å². The second-order valence-corrected chi connectivity index (χ2v) is 7.38. The van der Waals surface area contributed by atoms with E-state index in [9.17, 15) is 14.4 Å². The Hall–Kier alpha value is -1.63. The summed E-state index contributed by atoms with van der Waals surface area (Å²) in [7, 11) is 0. The van der Waals surface area contributed by atoms with E-state index in [-0.39, 0.29) is 17.8 Å². The van der Waals surface area contributed by atoms with Gasteiger partial charge >= 0.3 is 6.03 Å². The molecule has 0 saturated carbocycles. The molecule has 2 N–H and O–H groups in total. The fraction of sp³-hybridized carbons (Fsp3) is 0.812. The van der Waals surface area contributed by atoms with Crippen LogP contribution in [0.2, 0.25) is 0 Å². The lowest BCUT2D eigenvalue weighted by Gasteiger charge is -2.24. The van der Waals surface area contributed by atoms with E-state index < -0.39 is 5.54 Å². The molecular formula is C16H26N4O3. The minimum atomic E-state index is -0.837. The number of fused-ring (bicyclic) bond motifs is 2. The summed E-state index contributed by atoms with van der Waals surface area (Å²) in [6.45, 7) is 5.28. The van der Waals surface area contributed by atoms with Crippen LogP contribution < -0.4 is 10.6 Å². The van der Waals surface area contributed by atoms with Crippen molar-refractivity contribution in [1.29, 1.82) is 0 Å². The molecule has 0 radical (unpaired) electrons. The van der Waals surface area contributed by atoms with Crippen LogP contribution >= 0.6 is 0 Å². The van der Waals surface area contributed by atoms with Gasteiger partial charge in [-0.3, -0.25) is 14.5 Å². The maximum atomic E-state index is 12.4. The molecular weight excluding hydrogens is 296 g/mol. The first-order valence-electron chi connectivity index (χ1n) is 8.55. The molecule has 0 aromatic rings. The summed E-state index contributed by atoms with van der Waals surface area (Å²) in [5.74, 6) is -0.0862. The molecule has 3 aliphatic rings. The van der Waals surface area contributed by atoms with Crippen molar-refractivity contribution in [3.63, 3.8) is 0 Å². The first kappa shape index (κ1) is 16.2. The second-order valence-electron chi connectivity index (χ2n) is 7.38. The molecule has 3 fully saturated rings. The van der Waals surface area contributed by atoms with E-state index in [1.807, 2.05) is 4.90 Å². The highest BCUT2D eigenvalue weighted by atomic mass is 16.2. The smallest absolute Gasteiger partial charge is 0.325 e. The SMILES string of the molecule is CC1(C)NC(=O)N(CCCC(=O)N2CCC3CCC(C2)N3)C1=O. The fourth-order valence-corrected chi connectivity index (χ4v) is 3.74. The summed E-state index contributed by atoms with van der Waals surface area (Å²) in [4.78, 5) is 39.4. The number of nitrogens with one attached hydrogen (secondary N) is 2. The Balaban J connectivity index is 1.46. The van der Waals surface area contributed by atoms with Crippen molar-refractivity contribution in [2.45, 2.75) is 63.6 Å². The number of carbonyl (C=O) groups excluding carboxylic acids is 3. The Morgan fingerprint density at radius 3 is 2.65 bits per heavy atom. The molecule has 4 amide bonds. The Morgan fingerprint density at radius 2 is 1.96 bits per heavy atom. The van der Waals surface area contributed by atoms with Gasteiger partial charge in [-0.2, -0.15) is 0 Å². The van der Waals surface area contributed by atoms with E-state index in [1.54, 1.807) is 13.8 Å². The number of imide groups is 1. The molecule has 7 nitrogen and oxygen atoms in total.